The number of hydrogen-bond donors (Lipinski definition) is 0. The Balaban J connectivity index is 1.42. The van der Waals surface area contributed by atoms with Gasteiger partial charge in [-0.15, -0.1) is 0 Å². The summed E-state index contributed by atoms with van der Waals surface area (Å²) in [5, 5.41) is 0. The molecule has 1 aromatic heterocycles. The van der Waals surface area contributed by atoms with E-state index in [0.29, 0.717) is 12.5 Å². The fourth-order valence-corrected chi connectivity index (χ4v) is 3.80. The summed E-state index contributed by atoms with van der Waals surface area (Å²) in [7, 11) is 3.50. The molecule has 6 heteroatoms. The molecule has 0 aliphatic carbocycles. The SMILES string of the molecule is Cc1cccc(CN2CC3(C2)OCC[C@@H]3CCOCC(=O)N(C)C)n1. The number of amides is 1. The number of carbonyl (C=O) groups excluding carboxylic acids is 1. The molecule has 0 saturated carbocycles. The molecule has 0 radical (unpaired) electrons. The highest BCUT2D eigenvalue weighted by atomic mass is 16.5. The molecule has 1 spiro atoms. The third-order valence-corrected chi connectivity index (χ3v) is 5.25. The first-order valence-electron chi connectivity index (χ1n) is 9.05. The Morgan fingerprint density at radius 2 is 2.24 bits per heavy atom. The number of nitrogens with zero attached hydrogens (tertiary/aromatic N) is 3. The second-order valence-corrected chi connectivity index (χ2v) is 7.44. The maximum atomic E-state index is 11.5. The van der Waals surface area contributed by atoms with Crippen LogP contribution in [0.15, 0.2) is 18.2 Å². The molecule has 0 N–H and O–H groups in total. The van der Waals surface area contributed by atoms with Crippen molar-refractivity contribution in [3.8, 4) is 0 Å². The van der Waals surface area contributed by atoms with Gasteiger partial charge in [0, 0.05) is 52.6 Å². The minimum absolute atomic E-state index is 0.0119. The van der Waals surface area contributed by atoms with E-state index in [9.17, 15) is 4.79 Å². The lowest BCUT2D eigenvalue weighted by Gasteiger charge is -2.50. The van der Waals surface area contributed by atoms with Crippen molar-refractivity contribution in [2.75, 3.05) is 47.0 Å². The second-order valence-electron chi connectivity index (χ2n) is 7.44. The van der Waals surface area contributed by atoms with Crippen LogP contribution in [0.2, 0.25) is 0 Å². The summed E-state index contributed by atoms with van der Waals surface area (Å²) in [5.41, 5.74) is 2.17. The molecule has 0 aromatic carbocycles. The van der Waals surface area contributed by atoms with Crippen molar-refractivity contribution in [1.29, 1.82) is 0 Å². The van der Waals surface area contributed by atoms with Crippen LogP contribution in [-0.4, -0.2) is 73.3 Å². The second kappa shape index (κ2) is 7.81. The van der Waals surface area contributed by atoms with Crippen LogP contribution in [0.3, 0.4) is 0 Å². The van der Waals surface area contributed by atoms with Crippen LogP contribution >= 0.6 is 0 Å². The van der Waals surface area contributed by atoms with Crippen LogP contribution in [0.4, 0.5) is 0 Å². The lowest BCUT2D eigenvalue weighted by Crippen LogP contribution is -2.64. The van der Waals surface area contributed by atoms with Crippen molar-refractivity contribution >= 4 is 5.91 Å². The van der Waals surface area contributed by atoms with Gasteiger partial charge in [-0.2, -0.15) is 0 Å². The number of aromatic nitrogens is 1. The Kier molecular flexibility index (Phi) is 5.71. The Hall–Kier alpha value is -1.50. The number of aryl methyl sites for hydroxylation is 1. The van der Waals surface area contributed by atoms with Gasteiger partial charge in [-0.25, -0.2) is 0 Å². The number of pyridine rings is 1. The fourth-order valence-electron chi connectivity index (χ4n) is 3.80. The molecular formula is C19H29N3O3. The van der Waals surface area contributed by atoms with Gasteiger partial charge in [-0.3, -0.25) is 14.7 Å². The van der Waals surface area contributed by atoms with Gasteiger partial charge in [0.1, 0.15) is 6.61 Å². The van der Waals surface area contributed by atoms with Crippen molar-refractivity contribution in [2.45, 2.75) is 31.9 Å². The smallest absolute Gasteiger partial charge is 0.248 e. The number of hydrogen-bond acceptors (Lipinski definition) is 5. The maximum Gasteiger partial charge on any atom is 0.248 e. The molecule has 2 saturated heterocycles. The summed E-state index contributed by atoms with van der Waals surface area (Å²) in [6, 6.07) is 6.17. The minimum Gasteiger partial charge on any atom is -0.372 e. The van der Waals surface area contributed by atoms with E-state index in [2.05, 4.69) is 22.0 Å². The van der Waals surface area contributed by atoms with Crippen LogP contribution < -0.4 is 0 Å². The van der Waals surface area contributed by atoms with E-state index in [1.807, 2.05) is 13.0 Å². The Morgan fingerprint density at radius 1 is 1.44 bits per heavy atom. The van der Waals surface area contributed by atoms with E-state index in [4.69, 9.17) is 9.47 Å². The number of likely N-dealkylation sites (N-methyl/N-ethyl adjacent to an activating group) is 1. The summed E-state index contributed by atoms with van der Waals surface area (Å²) >= 11 is 0. The third kappa shape index (κ3) is 4.37. The summed E-state index contributed by atoms with van der Waals surface area (Å²) in [5.74, 6) is 0.529. The van der Waals surface area contributed by atoms with Gasteiger partial charge in [0.2, 0.25) is 5.91 Å². The summed E-state index contributed by atoms with van der Waals surface area (Å²) in [6.45, 7) is 6.45. The first-order chi connectivity index (χ1) is 12.0. The van der Waals surface area contributed by atoms with E-state index >= 15 is 0 Å². The lowest BCUT2D eigenvalue weighted by molar-refractivity contribution is -0.141. The normalized spacial score (nSPS) is 22.1. The Morgan fingerprint density at radius 3 is 2.96 bits per heavy atom. The van der Waals surface area contributed by atoms with E-state index < -0.39 is 0 Å². The molecule has 2 fully saturated rings. The minimum atomic E-state index is -0.0151. The molecule has 1 aromatic rings. The highest BCUT2D eigenvalue weighted by molar-refractivity contribution is 5.76. The number of likely N-dealkylation sites (tertiary alicyclic amines) is 1. The zero-order valence-electron chi connectivity index (χ0n) is 15.5. The van der Waals surface area contributed by atoms with Gasteiger partial charge in [-0.05, 0) is 37.8 Å². The molecule has 1 amide bonds. The van der Waals surface area contributed by atoms with Crippen LogP contribution in [-0.2, 0) is 20.8 Å². The van der Waals surface area contributed by atoms with Crippen LogP contribution in [0, 0.1) is 12.8 Å². The van der Waals surface area contributed by atoms with Crippen LogP contribution in [0.25, 0.3) is 0 Å². The predicted molar refractivity (Wildman–Crippen MR) is 95.2 cm³/mol. The van der Waals surface area contributed by atoms with Gasteiger partial charge < -0.3 is 14.4 Å². The summed E-state index contributed by atoms with van der Waals surface area (Å²) < 4.78 is 11.7. The number of carbonyl (C=O) groups is 1. The fraction of sp³-hybridized carbons (Fsp3) is 0.684. The molecule has 0 bridgehead atoms. The average Bonchev–Trinajstić information content (AvgIpc) is 2.94. The Labute approximate surface area is 150 Å². The molecule has 1 atom stereocenters. The standard InChI is InChI=1S/C19H29N3O3/c1-15-5-4-6-17(20-15)11-22-13-19(14-22)16(8-10-25-19)7-9-24-12-18(23)21(2)3/h4-6,16H,7-14H2,1-3H3/t16-/m0/s1. The topological polar surface area (TPSA) is 54.9 Å². The molecule has 2 aliphatic heterocycles. The van der Waals surface area contributed by atoms with Gasteiger partial charge in [0.25, 0.3) is 0 Å². The van der Waals surface area contributed by atoms with Crippen molar-refractivity contribution < 1.29 is 14.3 Å². The number of rotatable bonds is 7. The summed E-state index contributed by atoms with van der Waals surface area (Å²) in [6.07, 6.45) is 2.04. The third-order valence-electron chi connectivity index (χ3n) is 5.25. The molecule has 3 heterocycles. The highest BCUT2D eigenvalue weighted by Crippen LogP contribution is 2.42. The largest absolute Gasteiger partial charge is 0.372 e. The molecule has 3 rings (SSSR count). The van der Waals surface area contributed by atoms with E-state index in [1.54, 1.807) is 19.0 Å². The van der Waals surface area contributed by atoms with E-state index in [-0.39, 0.29) is 18.1 Å². The van der Waals surface area contributed by atoms with Crippen molar-refractivity contribution in [3.63, 3.8) is 0 Å². The molecule has 0 unspecified atom stereocenters. The van der Waals surface area contributed by atoms with E-state index in [1.165, 1.54) is 0 Å². The monoisotopic (exact) mass is 347 g/mol. The van der Waals surface area contributed by atoms with Crippen molar-refractivity contribution in [2.24, 2.45) is 5.92 Å². The van der Waals surface area contributed by atoms with Gasteiger partial charge in [-0.1, -0.05) is 6.07 Å². The summed E-state index contributed by atoms with van der Waals surface area (Å²) in [4.78, 5) is 20.1. The lowest BCUT2D eigenvalue weighted by atomic mass is 9.79. The van der Waals surface area contributed by atoms with Crippen molar-refractivity contribution in [3.05, 3.63) is 29.6 Å². The highest BCUT2D eigenvalue weighted by Gasteiger charge is 2.52. The molecule has 25 heavy (non-hydrogen) atoms. The van der Waals surface area contributed by atoms with Crippen LogP contribution in [0.5, 0.6) is 0 Å². The zero-order valence-corrected chi connectivity index (χ0v) is 15.5. The molecule has 6 nitrogen and oxygen atoms in total. The van der Waals surface area contributed by atoms with Crippen molar-refractivity contribution in [1.82, 2.24) is 14.8 Å². The quantitative estimate of drug-likeness (QED) is 0.699. The van der Waals surface area contributed by atoms with E-state index in [0.717, 1.165) is 50.5 Å². The predicted octanol–water partition coefficient (Wildman–Crippen LogP) is 1.48. The average molecular weight is 347 g/mol. The van der Waals surface area contributed by atoms with Crippen LogP contribution in [0.1, 0.15) is 24.2 Å². The molecule has 2 aliphatic rings. The zero-order chi connectivity index (χ0) is 17.9. The molecule has 138 valence electrons. The first-order valence-corrected chi connectivity index (χ1v) is 9.05. The first kappa shape index (κ1) is 18.3. The van der Waals surface area contributed by atoms with Gasteiger partial charge in [0.15, 0.2) is 0 Å². The number of ether oxygens (including phenoxy) is 2. The van der Waals surface area contributed by atoms with Gasteiger partial charge in [0.05, 0.1) is 11.3 Å². The maximum absolute atomic E-state index is 11.5. The molecular weight excluding hydrogens is 318 g/mol. The Bertz CT molecular complexity index is 599. The van der Waals surface area contributed by atoms with Gasteiger partial charge >= 0.3 is 0 Å².